The van der Waals surface area contributed by atoms with Crippen LogP contribution in [0.25, 0.3) is 5.65 Å². The molecule has 3 N–H and O–H groups in total. The van der Waals surface area contributed by atoms with E-state index in [1.54, 1.807) is 0 Å². The van der Waals surface area contributed by atoms with Crippen LogP contribution >= 0.6 is 0 Å². The zero-order chi connectivity index (χ0) is 27.1. The van der Waals surface area contributed by atoms with Gasteiger partial charge in [-0.15, -0.1) is 0 Å². The van der Waals surface area contributed by atoms with Crippen LogP contribution in [0.15, 0.2) is 30.3 Å². The van der Waals surface area contributed by atoms with Crippen LogP contribution in [-0.4, -0.2) is 77.1 Å². The molecule has 6 rings (SSSR count). The predicted molar refractivity (Wildman–Crippen MR) is 151 cm³/mol. The number of amides is 2. The molecule has 3 aliphatic heterocycles. The Balaban J connectivity index is 1.44. The van der Waals surface area contributed by atoms with Crippen molar-refractivity contribution in [3.63, 3.8) is 0 Å². The highest BCUT2D eigenvalue weighted by atomic mass is 16.2. The van der Waals surface area contributed by atoms with Crippen LogP contribution in [0.5, 0.6) is 0 Å². The summed E-state index contributed by atoms with van der Waals surface area (Å²) in [5.74, 6) is 1.85. The number of benzene rings is 1. The highest BCUT2D eigenvalue weighted by Gasteiger charge is 2.33. The molecular formula is C29H38N8O2. The second-order valence-electron chi connectivity index (χ2n) is 11.3. The van der Waals surface area contributed by atoms with Gasteiger partial charge in [-0.1, -0.05) is 17.7 Å². The fourth-order valence-corrected chi connectivity index (χ4v) is 6.00. The smallest absolute Gasteiger partial charge is 0.254 e. The number of hydrogen-bond acceptors (Lipinski definition) is 7. The third kappa shape index (κ3) is 5.05. The SMILES string of the molecule is Cc1ccc2c(c1)C(=O)N1CCCCC1c1cc3nc(N4CC(N)C4)cc(n3n1)N(C)CCCNC(=O)CC2. The highest BCUT2D eigenvalue weighted by Crippen LogP contribution is 2.34. The van der Waals surface area contributed by atoms with E-state index < -0.39 is 0 Å². The lowest BCUT2D eigenvalue weighted by molar-refractivity contribution is -0.121. The van der Waals surface area contributed by atoms with E-state index in [1.165, 1.54) is 0 Å². The number of nitrogens with one attached hydrogen (secondary N) is 1. The lowest BCUT2D eigenvalue weighted by Crippen LogP contribution is -2.56. The number of aromatic nitrogens is 3. The first kappa shape index (κ1) is 25.6. The predicted octanol–water partition coefficient (Wildman–Crippen LogP) is 2.44. The van der Waals surface area contributed by atoms with Gasteiger partial charge in [-0.25, -0.2) is 4.98 Å². The quantitative estimate of drug-likeness (QED) is 0.497. The first-order valence-corrected chi connectivity index (χ1v) is 14.2. The van der Waals surface area contributed by atoms with Gasteiger partial charge >= 0.3 is 0 Å². The number of aryl methyl sites for hydroxylation is 2. The average Bonchev–Trinajstić information content (AvgIpc) is 3.35. The second-order valence-corrected chi connectivity index (χ2v) is 11.3. The summed E-state index contributed by atoms with van der Waals surface area (Å²) in [6.45, 7) is 5.59. The van der Waals surface area contributed by atoms with Gasteiger partial charge in [-0.2, -0.15) is 9.61 Å². The Morgan fingerprint density at radius 3 is 2.69 bits per heavy atom. The van der Waals surface area contributed by atoms with Crippen LogP contribution in [0, 0.1) is 6.92 Å². The molecule has 2 aromatic heterocycles. The maximum atomic E-state index is 14.1. The summed E-state index contributed by atoms with van der Waals surface area (Å²) in [5, 5.41) is 8.12. The van der Waals surface area contributed by atoms with E-state index in [4.69, 9.17) is 15.8 Å². The van der Waals surface area contributed by atoms with Crippen molar-refractivity contribution < 1.29 is 9.59 Å². The Kier molecular flexibility index (Phi) is 6.88. The molecule has 39 heavy (non-hydrogen) atoms. The molecule has 10 heteroatoms. The highest BCUT2D eigenvalue weighted by molar-refractivity contribution is 5.96. The molecular weight excluding hydrogens is 492 g/mol. The van der Waals surface area contributed by atoms with Crippen molar-refractivity contribution in [2.45, 2.75) is 57.5 Å². The van der Waals surface area contributed by atoms with Crippen molar-refractivity contribution in [1.29, 1.82) is 0 Å². The third-order valence-corrected chi connectivity index (χ3v) is 8.25. The Labute approximate surface area is 229 Å². The second kappa shape index (κ2) is 10.5. The van der Waals surface area contributed by atoms with E-state index in [0.29, 0.717) is 31.5 Å². The number of rotatable bonds is 1. The third-order valence-electron chi connectivity index (χ3n) is 8.25. The lowest BCUT2D eigenvalue weighted by Gasteiger charge is -2.38. The average molecular weight is 531 g/mol. The van der Waals surface area contributed by atoms with E-state index >= 15 is 0 Å². The van der Waals surface area contributed by atoms with E-state index in [1.807, 2.05) is 41.6 Å². The normalized spacial score (nSPS) is 21.4. The molecule has 5 heterocycles. The molecule has 3 aliphatic rings. The molecule has 2 saturated heterocycles. The first-order chi connectivity index (χ1) is 18.9. The number of fused-ring (bicyclic) bond motifs is 4. The number of anilines is 2. The van der Waals surface area contributed by atoms with Crippen molar-refractivity contribution in [2.24, 2.45) is 5.73 Å². The zero-order valence-electron chi connectivity index (χ0n) is 22.9. The molecule has 1 atom stereocenters. The summed E-state index contributed by atoms with van der Waals surface area (Å²) in [7, 11) is 2.05. The van der Waals surface area contributed by atoms with Gasteiger partial charge < -0.3 is 25.8 Å². The minimum Gasteiger partial charge on any atom is -0.359 e. The summed E-state index contributed by atoms with van der Waals surface area (Å²) in [5.41, 5.74) is 10.4. The van der Waals surface area contributed by atoms with Crippen LogP contribution in [-0.2, 0) is 11.2 Å². The van der Waals surface area contributed by atoms with Gasteiger partial charge in [0.25, 0.3) is 5.91 Å². The summed E-state index contributed by atoms with van der Waals surface area (Å²) in [4.78, 5) is 38.1. The van der Waals surface area contributed by atoms with Crippen LogP contribution in [0.2, 0.25) is 0 Å². The van der Waals surface area contributed by atoms with Crippen molar-refractivity contribution in [1.82, 2.24) is 24.8 Å². The van der Waals surface area contributed by atoms with E-state index in [0.717, 1.165) is 79.4 Å². The summed E-state index contributed by atoms with van der Waals surface area (Å²) < 4.78 is 1.91. The van der Waals surface area contributed by atoms with E-state index in [9.17, 15) is 9.59 Å². The standard InChI is InChI=1S/C29H38N8O2/c1-19-7-8-20-9-10-27(38)31-11-5-12-34(2)28-16-25(35-17-21(30)18-35)32-26-15-23(33-37(26)28)24-6-3-4-13-36(24)29(39)22(20)14-19/h7-8,14-16,21,24H,3-6,9-13,17-18,30H2,1-2H3,(H,31,38). The summed E-state index contributed by atoms with van der Waals surface area (Å²) in [6.07, 6.45) is 4.56. The Morgan fingerprint density at radius 1 is 1.03 bits per heavy atom. The van der Waals surface area contributed by atoms with Gasteiger partial charge in [0, 0.05) is 69.9 Å². The maximum absolute atomic E-state index is 14.1. The molecule has 10 nitrogen and oxygen atoms in total. The minimum atomic E-state index is -0.126. The topological polar surface area (TPSA) is 112 Å². The number of piperidine rings is 1. The number of carbonyl (C=O) groups excluding carboxylic acids is 2. The van der Waals surface area contributed by atoms with Crippen LogP contribution in [0.1, 0.15) is 65.3 Å². The summed E-state index contributed by atoms with van der Waals surface area (Å²) >= 11 is 0. The van der Waals surface area contributed by atoms with Crippen LogP contribution in [0.3, 0.4) is 0 Å². The molecule has 3 aromatic rings. The fourth-order valence-electron chi connectivity index (χ4n) is 6.00. The van der Waals surface area contributed by atoms with Crippen molar-refractivity contribution in [3.8, 4) is 0 Å². The number of carbonyl (C=O) groups is 2. The fraction of sp³-hybridized carbons (Fsp3) is 0.517. The largest absolute Gasteiger partial charge is 0.359 e. The van der Waals surface area contributed by atoms with Crippen LogP contribution in [0.4, 0.5) is 11.6 Å². The molecule has 1 aromatic carbocycles. The molecule has 0 radical (unpaired) electrons. The van der Waals surface area contributed by atoms with Gasteiger partial charge in [-0.05, 0) is 50.7 Å². The molecule has 0 aliphatic carbocycles. The minimum absolute atomic E-state index is 0.01000. The number of nitrogens with two attached hydrogens (primary N) is 1. The van der Waals surface area contributed by atoms with Crippen molar-refractivity contribution in [2.75, 3.05) is 49.6 Å². The van der Waals surface area contributed by atoms with Crippen LogP contribution < -0.4 is 20.9 Å². The van der Waals surface area contributed by atoms with Gasteiger partial charge in [-0.3, -0.25) is 9.59 Å². The van der Waals surface area contributed by atoms with E-state index in [2.05, 4.69) is 27.2 Å². The number of hydrogen-bond donors (Lipinski definition) is 2. The molecule has 2 amide bonds. The summed E-state index contributed by atoms with van der Waals surface area (Å²) in [6, 6.07) is 10.2. The Morgan fingerprint density at radius 2 is 1.87 bits per heavy atom. The van der Waals surface area contributed by atoms with Gasteiger partial charge in [0.2, 0.25) is 5.91 Å². The van der Waals surface area contributed by atoms with Crippen molar-refractivity contribution >= 4 is 29.1 Å². The molecule has 0 spiro atoms. The van der Waals surface area contributed by atoms with Gasteiger partial charge in [0.1, 0.15) is 11.6 Å². The van der Waals surface area contributed by atoms with Crippen molar-refractivity contribution in [3.05, 3.63) is 52.7 Å². The first-order valence-electron chi connectivity index (χ1n) is 14.2. The Hall–Kier alpha value is -3.66. The number of nitrogens with zero attached hydrogens (tertiary/aromatic N) is 6. The van der Waals surface area contributed by atoms with Gasteiger partial charge in [0.05, 0.1) is 11.7 Å². The Bertz CT molecular complexity index is 1400. The molecule has 1 unspecified atom stereocenters. The molecule has 0 saturated carbocycles. The van der Waals surface area contributed by atoms with E-state index in [-0.39, 0.29) is 23.9 Å². The molecule has 2 fully saturated rings. The molecule has 206 valence electrons. The molecule has 2 bridgehead atoms. The zero-order valence-corrected chi connectivity index (χ0v) is 22.9. The maximum Gasteiger partial charge on any atom is 0.254 e. The van der Waals surface area contributed by atoms with Gasteiger partial charge in [0.15, 0.2) is 5.65 Å². The monoisotopic (exact) mass is 530 g/mol. The lowest BCUT2D eigenvalue weighted by atomic mass is 9.95.